The van der Waals surface area contributed by atoms with Crippen LogP contribution in [0.2, 0.25) is 0 Å². The molecule has 10 heteroatoms. The van der Waals surface area contributed by atoms with Crippen LogP contribution >= 0.6 is 0 Å². The fourth-order valence-electron chi connectivity index (χ4n) is 3.05. The first-order chi connectivity index (χ1) is 15.1. The van der Waals surface area contributed by atoms with Crippen LogP contribution in [0.3, 0.4) is 0 Å². The average Bonchev–Trinajstić information content (AvgIpc) is 2.68. The lowest BCUT2D eigenvalue weighted by Crippen LogP contribution is -2.55. The van der Waals surface area contributed by atoms with E-state index in [9.17, 15) is 24.3 Å². The number of hydrogen-bond acceptors (Lipinski definition) is 7. The Morgan fingerprint density at radius 3 is 2.12 bits per heavy atom. The second-order valence-corrected chi connectivity index (χ2v) is 9.53. The Bertz CT molecular complexity index is 885. The highest BCUT2D eigenvalue weighted by molar-refractivity contribution is 5.92. The molecule has 0 aliphatic carbocycles. The molecule has 10 nitrogen and oxygen atoms in total. The van der Waals surface area contributed by atoms with E-state index in [1.807, 2.05) is 0 Å². The van der Waals surface area contributed by atoms with Crippen LogP contribution in [-0.2, 0) is 23.9 Å². The van der Waals surface area contributed by atoms with Gasteiger partial charge in [0.2, 0.25) is 11.8 Å². The Morgan fingerprint density at radius 1 is 1.03 bits per heavy atom. The summed E-state index contributed by atoms with van der Waals surface area (Å²) in [4.78, 5) is 51.4. The molecule has 0 aliphatic rings. The van der Waals surface area contributed by atoms with E-state index >= 15 is 0 Å². The van der Waals surface area contributed by atoms with E-state index in [1.54, 1.807) is 54.5 Å². The SMILES string of the molecule is COC(=O)CNC(=O)C(c1ccc(O)c(C)c1)N(C(=O)CNC(=O)OC(C)(C)C)C(C)(C)C. The molecule has 0 aliphatic heterocycles. The molecule has 184 valence electrons. The molecule has 1 atom stereocenters. The highest BCUT2D eigenvalue weighted by Gasteiger charge is 2.38. The smallest absolute Gasteiger partial charge is 0.408 e. The minimum absolute atomic E-state index is 0.0349. The Hall–Kier alpha value is -3.30. The van der Waals surface area contributed by atoms with Crippen LogP contribution in [0.25, 0.3) is 0 Å². The van der Waals surface area contributed by atoms with Gasteiger partial charge in [0.1, 0.15) is 30.5 Å². The number of amides is 3. The number of carbonyl (C=O) groups is 4. The summed E-state index contributed by atoms with van der Waals surface area (Å²) in [6.07, 6.45) is -0.767. The Morgan fingerprint density at radius 2 is 1.64 bits per heavy atom. The fourth-order valence-corrected chi connectivity index (χ4v) is 3.05. The quantitative estimate of drug-likeness (QED) is 0.526. The van der Waals surface area contributed by atoms with E-state index in [4.69, 9.17) is 4.74 Å². The fraction of sp³-hybridized carbons (Fsp3) is 0.565. The highest BCUT2D eigenvalue weighted by Crippen LogP contribution is 2.31. The van der Waals surface area contributed by atoms with Gasteiger partial charge in [0, 0.05) is 5.54 Å². The molecule has 0 saturated carbocycles. The van der Waals surface area contributed by atoms with Crippen molar-refractivity contribution >= 4 is 23.9 Å². The van der Waals surface area contributed by atoms with Crippen molar-refractivity contribution in [2.45, 2.75) is 65.6 Å². The number of phenolic OH excluding ortho intramolecular Hbond substituents is 1. The number of methoxy groups -OCH3 is 1. The van der Waals surface area contributed by atoms with Gasteiger partial charge >= 0.3 is 12.1 Å². The van der Waals surface area contributed by atoms with Crippen LogP contribution < -0.4 is 10.6 Å². The molecule has 1 unspecified atom stereocenters. The monoisotopic (exact) mass is 465 g/mol. The number of phenols is 1. The molecule has 0 saturated heterocycles. The minimum atomic E-state index is -1.15. The van der Waals surface area contributed by atoms with Crippen molar-refractivity contribution < 1.29 is 33.8 Å². The van der Waals surface area contributed by atoms with Crippen LogP contribution in [-0.4, -0.2) is 65.2 Å². The highest BCUT2D eigenvalue weighted by atomic mass is 16.6. The van der Waals surface area contributed by atoms with E-state index < -0.39 is 47.6 Å². The van der Waals surface area contributed by atoms with Crippen molar-refractivity contribution in [1.29, 1.82) is 0 Å². The predicted octanol–water partition coefficient (Wildman–Crippen LogP) is 2.18. The lowest BCUT2D eigenvalue weighted by atomic mass is 9.95. The molecule has 0 spiro atoms. The molecular formula is C23H35N3O7. The topological polar surface area (TPSA) is 134 Å². The van der Waals surface area contributed by atoms with E-state index in [0.29, 0.717) is 11.1 Å². The molecule has 1 aromatic rings. The third kappa shape index (κ3) is 8.63. The number of esters is 1. The van der Waals surface area contributed by atoms with Crippen molar-refractivity contribution in [3.05, 3.63) is 29.3 Å². The van der Waals surface area contributed by atoms with Crippen molar-refractivity contribution in [2.75, 3.05) is 20.2 Å². The normalized spacial score (nSPS) is 12.4. The van der Waals surface area contributed by atoms with Gasteiger partial charge in [-0.05, 0) is 71.7 Å². The van der Waals surface area contributed by atoms with Gasteiger partial charge in [-0.1, -0.05) is 6.07 Å². The first kappa shape index (κ1) is 27.7. The molecule has 1 rings (SSSR count). The zero-order valence-corrected chi connectivity index (χ0v) is 20.6. The van der Waals surface area contributed by atoms with Crippen LogP contribution in [0.1, 0.15) is 58.7 Å². The van der Waals surface area contributed by atoms with Crippen molar-refractivity contribution in [1.82, 2.24) is 15.5 Å². The van der Waals surface area contributed by atoms with Crippen LogP contribution in [0.5, 0.6) is 5.75 Å². The van der Waals surface area contributed by atoms with Crippen molar-refractivity contribution in [3.8, 4) is 5.75 Å². The van der Waals surface area contributed by atoms with Gasteiger partial charge in [0.15, 0.2) is 0 Å². The lowest BCUT2D eigenvalue weighted by Gasteiger charge is -2.41. The van der Waals surface area contributed by atoms with E-state index in [1.165, 1.54) is 24.1 Å². The predicted molar refractivity (Wildman–Crippen MR) is 121 cm³/mol. The third-order valence-electron chi connectivity index (χ3n) is 4.45. The van der Waals surface area contributed by atoms with E-state index in [2.05, 4.69) is 15.4 Å². The third-order valence-corrected chi connectivity index (χ3v) is 4.45. The van der Waals surface area contributed by atoms with Gasteiger partial charge in [-0.25, -0.2) is 4.79 Å². The summed E-state index contributed by atoms with van der Waals surface area (Å²) in [6, 6.07) is 3.39. The number of nitrogens with one attached hydrogen (secondary N) is 2. The number of aryl methyl sites for hydroxylation is 1. The molecular weight excluding hydrogens is 430 g/mol. The summed E-state index contributed by atoms with van der Waals surface area (Å²) < 4.78 is 9.75. The second kappa shape index (κ2) is 11.0. The number of rotatable bonds is 7. The Balaban J connectivity index is 3.32. The maximum absolute atomic E-state index is 13.3. The largest absolute Gasteiger partial charge is 0.508 e. The Kier molecular flexibility index (Phi) is 9.26. The summed E-state index contributed by atoms with van der Waals surface area (Å²) in [5, 5.41) is 14.8. The van der Waals surface area contributed by atoms with Crippen LogP contribution in [0, 0.1) is 6.92 Å². The van der Waals surface area contributed by atoms with Crippen molar-refractivity contribution in [2.24, 2.45) is 0 Å². The number of alkyl carbamates (subject to hydrolysis) is 1. The average molecular weight is 466 g/mol. The second-order valence-electron chi connectivity index (χ2n) is 9.53. The standard InChI is InChI=1S/C23H35N3O7/c1-14-11-15(9-10-16(14)27)19(20(30)24-13-18(29)32-8)26(22(2,3)4)17(28)12-25-21(31)33-23(5,6)7/h9-11,19,27H,12-13H2,1-8H3,(H,24,30)(H,25,31). The molecule has 3 amide bonds. The minimum Gasteiger partial charge on any atom is -0.508 e. The summed E-state index contributed by atoms with van der Waals surface area (Å²) >= 11 is 0. The van der Waals surface area contributed by atoms with Gasteiger partial charge in [-0.3, -0.25) is 14.4 Å². The molecule has 0 bridgehead atoms. The molecule has 0 radical (unpaired) electrons. The molecule has 1 aromatic carbocycles. The number of benzene rings is 1. The van der Waals surface area contributed by atoms with Crippen LogP contribution in [0.15, 0.2) is 18.2 Å². The lowest BCUT2D eigenvalue weighted by molar-refractivity contribution is -0.147. The zero-order valence-electron chi connectivity index (χ0n) is 20.6. The molecule has 3 N–H and O–H groups in total. The summed E-state index contributed by atoms with van der Waals surface area (Å²) in [6.45, 7) is 11.2. The summed E-state index contributed by atoms with van der Waals surface area (Å²) in [5.41, 5.74) is -0.665. The maximum atomic E-state index is 13.3. The van der Waals surface area contributed by atoms with Crippen LogP contribution in [0.4, 0.5) is 4.79 Å². The number of carbonyl (C=O) groups excluding carboxylic acids is 4. The number of nitrogens with zero attached hydrogens (tertiary/aromatic N) is 1. The van der Waals surface area contributed by atoms with Crippen molar-refractivity contribution in [3.63, 3.8) is 0 Å². The molecule has 0 aromatic heterocycles. The molecule has 0 fully saturated rings. The summed E-state index contributed by atoms with van der Waals surface area (Å²) in [5.74, 6) is -1.78. The number of aromatic hydroxyl groups is 1. The zero-order chi connectivity index (χ0) is 25.6. The van der Waals surface area contributed by atoms with Gasteiger partial charge < -0.3 is 30.1 Å². The maximum Gasteiger partial charge on any atom is 0.408 e. The summed E-state index contributed by atoms with van der Waals surface area (Å²) in [7, 11) is 1.20. The first-order valence-corrected chi connectivity index (χ1v) is 10.5. The van der Waals surface area contributed by atoms with E-state index in [0.717, 1.165) is 0 Å². The van der Waals surface area contributed by atoms with Gasteiger partial charge in [-0.15, -0.1) is 0 Å². The number of ether oxygens (including phenoxy) is 2. The van der Waals surface area contributed by atoms with E-state index in [-0.39, 0.29) is 12.3 Å². The van der Waals surface area contributed by atoms with Gasteiger partial charge in [-0.2, -0.15) is 0 Å². The molecule has 33 heavy (non-hydrogen) atoms. The van der Waals surface area contributed by atoms with Gasteiger partial charge in [0.05, 0.1) is 7.11 Å². The Labute approximate surface area is 194 Å². The molecule has 0 heterocycles. The van der Waals surface area contributed by atoms with Gasteiger partial charge in [0.25, 0.3) is 0 Å². The first-order valence-electron chi connectivity index (χ1n) is 10.5. The number of hydrogen-bond donors (Lipinski definition) is 3.